The zero-order valence-electron chi connectivity index (χ0n) is 22.2. The van der Waals surface area contributed by atoms with Gasteiger partial charge in [-0.25, -0.2) is 13.2 Å². The first-order valence-corrected chi connectivity index (χ1v) is 16.1. The van der Waals surface area contributed by atoms with Crippen LogP contribution in [0.1, 0.15) is 78.2 Å². The van der Waals surface area contributed by atoms with Gasteiger partial charge in [-0.1, -0.05) is 25.2 Å². The van der Waals surface area contributed by atoms with Gasteiger partial charge in [0.15, 0.2) is 9.84 Å². The van der Waals surface area contributed by atoms with Crippen molar-refractivity contribution in [2.75, 3.05) is 5.32 Å². The molecule has 1 atom stereocenters. The predicted octanol–water partition coefficient (Wildman–Crippen LogP) is 6.17. The van der Waals surface area contributed by atoms with Crippen LogP contribution in [-0.2, 0) is 14.6 Å². The van der Waals surface area contributed by atoms with Crippen LogP contribution in [0.2, 0.25) is 0 Å². The van der Waals surface area contributed by atoms with Crippen LogP contribution < -0.4 is 10.6 Å². The molecule has 1 aliphatic rings. The molecule has 1 aromatic heterocycles. The van der Waals surface area contributed by atoms with Crippen LogP contribution in [-0.4, -0.2) is 53.4 Å². The monoisotopic (exact) mass is 568 g/mol. The molecule has 1 fully saturated rings. The molecule has 2 N–H and O–H groups in total. The van der Waals surface area contributed by atoms with Gasteiger partial charge in [-0.15, -0.1) is 10.2 Å². The first-order valence-electron chi connectivity index (χ1n) is 12.6. The van der Waals surface area contributed by atoms with Gasteiger partial charge in [0.25, 0.3) is 0 Å². The second-order valence-electron chi connectivity index (χ2n) is 10.2. The van der Waals surface area contributed by atoms with E-state index in [9.17, 15) is 18.0 Å². The Bertz CT molecular complexity index is 1210. The van der Waals surface area contributed by atoms with Crippen molar-refractivity contribution in [3.63, 3.8) is 0 Å². The van der Waals surface area contributed by atoms with E-state index >= 15 is 0 Å². The first-order chi connectivity index (χ1) is 17.4. The number of carbonyl (C=O) groups excluding carboxylic acids is 2. The second kappa shape index (κ2) is 12.6. The summed E-state index contributed by atoms with van der Waals surface area (Å²) in [6.45, 7) is 10.8. The van der Waals surface area contributed by atoms with Gasteiger partial charge in [0.1, 0.15) is 10.0 Å². The molecule has 1 aliphatic carbocycles. The maximum absolute atomic E-state index is 13.2. The number of sulfone groups is 1. The average molecular weight is 569 g/mol. The molecule has 0 radical (unpaired) electrons. The lowest BCUT2D eigenvalue weighted by Crippen LogP contribution is -2.38. The Labute approximate surface area is 225 Å². The van der Waals surface area contributed by atoms with Crippen molar-refractivity contribution in [1.82, 2.24) is 15.5 Å². The summed E-state index contributed by atoms with van der Waals surface area (Å²) in [5.74, 6) is 0.200. The topological polar surface area (TPSA) is 127 Å². The zero-order chi connectivity index (χ0) is 27.3. The third kappa shape index (κ3) is 7.94. The highest BCUT2D eigenvalue weighted by Gasteiger charge is 2.29. The average Bonchev–Trinajstić information content (AvgIpc) is 3.28. The molecule has 0 bridgehead atoms. The third-order valence-electron chi connectivity index (χ3n) is 6.00. The quantitative estimate of drug-likeness (QED) is 0.347. The Hall–Kier alpha value is -2.10. The predicted molar refractivity (Wildman–Crippen MR) is 150 cm³/mol. The number of hydrogen-bond acceptors (Lipinski definition) is 8. The second-order valence-corrected chi connectivity index (χ2v) is 15.5. The molecular weight excluding hydrogens is 531 g/mol. The van der Waals surface area contributed by atoms with Crippen LogP contribution in [0.5, 0.6) is 0 Å². The largest absolute Gasteiger partial charge is 0.447 e. The van der Waals surface area contributed by atoms with E-state index in [-0.39, 0.29) is 48.9 Å². The van der Waals surface area contributed by atoms with Gasteiger partial charge in [-0.05, 0) is 85.8 Å². The summed E-state index contributed by atoms with van der Waals surface area (Å²) >= 11 is 1.40. The van der Waals surface area contributed by atoms with E-state index in [0.717, 1.165) is 30.7 Å². The van der Waals surface area contributed by atoms with Crippen LogP contribution in [0.25, 0.3) is 10.6 Å². The number of alkyl carbamates (subject to hydrolysis) is 1. The number of amides is 2. The molecule has 1 heterocycles. The summed E-state index contributed by atoms with van der Waals surface area (Å²) in [4.78, 5) is 24.3. The molecule has 37 heavy (non-hydrogen) atoms. The number of rotatable bonds is 9. The summed E-state index contributed by atoms with van der Waals surface area (Å²) in [5, 5.41) is 15.3. The number of anilines is 1. The fourth-order valence-electron chi connectivity index (χ4n) is 4.10. The van der Waals surface area contributed by atoms with Crippen LogP contribution in [0.3, 0.4) is 0 Å². The summed E-state index contributed by atoms with van der Waals surface area (Å²) < 4.78 is 31.7. The molecular formula is C25H37N4O5PS2. The van der Waals surface area contributed by atoms with Crippen molar-refractivity contribution in [3.05, 3.63) is 23.2 Å². The molecule has 204 valence electrons. The SMILES string of the molecule is CC(C)OC(=O)NC1CCC(c2nnc(-c3ccc(NC(=O)PC(C)C)cc3S(=O)(=O)C(C)C)s2)CC1. The molecule has 1 saturated carbocycles. The van der Waals surface area contributed by atoms with E-state index < -0.39 is 15.1 Å². The van der Waals surface area contributed by atoms with Crippen molar-refractivity contribution in [1.29, 1.82) is 0 Å². The highest BCUT2D eigenvalue weighted by molar-refractivity contribution is 7.92. The van der Waals surface area contributed by atoms with Crippen LogP contribution in [0, 0.1) is 0 Å². The van der Waals surface area contributed by atoms with Crippen LogP contribution in [0.15, 0.2) is 23.1 Å². The molecule has 0 spiro atoms. The molecule has 1 unspecified atom stereocenters. The first kappa shape index (κ1) is 29.5. The Morgan fingerprint density at radius 3 is 2.32 bits per heavy atom. The van der Waals surface area contributed by atoms with E-state index in [0.29, 0.717) is 16.3 Å². The van der Waals surface area contributed by atoms with Gasteiger partial charge in [0, 0.05) is 23.2 Å². The number of hydrogen-bond donors (Lipinski definition) is 2. The minimum absolute atomic E-state index is 0.0664. The molecule has 2 aromatic rings. The van der Waals surface area contributed by atoms with Crippen LogP contribution in [0.4, 0.5) is 15.3 Å². The lowest BCUT2D eigenvalue weighted by molar-refractivity contribution is 0.109. The van der Waals surface area contributed by atoms with Gasteiger partial charge in [-0.3, -0.25) is 4.79 Å². The molecule has 0 saturated heterocycles. The minimum atomic E-state index is -3.64. The highest BCUT2D eigenvalue weighted by atomic mass is 32.2. The number of ether oxygens (including phenoxy) is 1. The summed E-state index contributed by atoms with van der Waals surface area (Å²) in [6, 6.07) is 5.01. The summed E-state index contributed by atoms with van der Waals surface area (Å²) in [5.41, 5.74) is 1.04. The maximum atomic E-state index is 13.2. The third-order valence-corrected chi connectivity index (χ3v) is 10.3. The Morgan fingerprint density at radius 1 is 1.05 bits per heavy atom. The lowest BCUT2D eigenvalue weighted by atomic mass is 9.86. The number of aromatic nitrogens is 2. The van der Waals surface area contributed by atoms with Crippen molar-refractivity contribution >= 4 is 47.2 Å². The van der Waals surface area contributed by atoms with Gasteiger partial charge in [-0.2, -0.15) is 0 Å². The van der Waals surface area contributed by atoms with Gasteiger partial charge in [0.2, 0.25) is 5.65 Å². The zero-order valence-corrected chi connectivity index (χ0v) is 24.8. The Morgan fingerprint density at radius 2 is 1.73 bits per heavy atom. The summed E-state index contributed by atoms with van der Waals surface area (Å²) in [6.07, 6.45) is 2.77. The highest BCUT2D eigenvalue weighted by Crippen LogP contribution is 2.39. The normalized spacial score (nSPS) is 18.6. The van der Waals surface area contributed by atoms with E-state index in [2.05, 4.69) is 20.8 Å². The van der Waals surface area contributed by atoms with E-state index in [4.69, 9.17) is 4.74 Å². The summed E-state index contributed by atoms with van der Waals surface area (Å²) in [7, 11) is -3.56. The lowest BCUT2D eigenvalue weighted by Gasteiger charge is -2.27. The Balaban J connectivity index is 1.79. The number of nitrogens with one attached hydrogen (secondary N) is 2. The molecule has 9 nitrogen and oxygen atoms in total. The minimum Gasteiger partial charge on any atom is -0.447 e. The van der Waals surface area contributed by atoms with E-state index in [1.165, 1.54) is 17.4 Å². The number of nitrogens with zero attached hydrogens (tertiary/aromatic N) is 2. The smallest absolute Gasteiger partial charge is 0.407 e. The Kier molecular flexibility index (Phi) is 10.1. The molecule has 0 aliphatic heterocycles. The molecule has 1 aromatic carbocycles. The molecule has 2 amide bonds. The molecule has 3 rings (SSSR count). The van der Waals surface area contributed by atoms with Crippen LogP contribution >= 0.6 is 19.9 Å². The van der Waals surface area contributed by atoms with Crippen molar-refractivity contribution in [3.8, 4) is 10.6 Å². The number of benzene rings is 1. The van der Waals surface area contributed by atoms with E-state index in [1.54, 1.807) is 26.0 Å². The standard InChI is InChI=1S/C25H37N4O5PS2/c1-14(2)34-24(30)26-18-9-7-17(8-10-18)22-28-29-23(36-22)20-12-11-19(27-25(31)35-15(3)4)13-21(20)37(32,33)16(5)6/h11-18,35H,7-10H2,1-6H3,(H,26,30)(H,27,31). The van der Waals surface area contributed by atoms with E-state index in [1.807, 2.05) is 27.7 Å². The number of carbonyl (C=O) groups is 2. The maximum Gasteiger partial charge on any atom is 0.407 e. The fourth-order valence-corrected chi connectivity index (χ4v) is 7.23. The van der Waals surface area contributed by atoms with Gasteiger partial charge >= 0.3 is 6.09 Å². The van der Waals surface area contributed by atoms with Gasteiger partial charge < -0.3 is 15.4 Å². The van der Waals surface area contributed by atoms with Crippen molar-refractivity contribution in [2.24, 2.45) is 0 Å². The fraction of sp³-hybridized carbons (Fsp3) is 0.600. The van der Waals surface area contributed by atoms with Gasteiger partial charge in [0.05, 0.1) is 16.2 Å². The van der Waals surface area contributed by atoms with Crippen molar-refractivity contribution < 1.29 is 22.7 Å². The van der Waals surface area contributed by atoms with Crippen molar-refractivity contribution in [2.45, 2.75) is 101 Å². The molecule has 12 heteroatoms.